The maximum absolute atomic E-state index is 13.7. The van der Waals surface area contributed by atoms with Crippen molar-refractivity contribution in [1.82, 2.24) is 4.90 Å². The summed E-state index contributed by atoms with van der Waals surface area (Å²) in [6.45, 7) is 1.65. The zero-order valence-electron chi connectivity index (χ0n) is 19.9. The van der Waals surface area contributed by atoms with Crippen LogP contribution in [-0.4, -0.2) is 81.1 Å². The number of primary amides is 1. The first kappa shape index (κ1) is 25.2. The van der Waals surface area contributed by atoms with Crippen LogP contribution in [0.1, 0.15) is 41.3 Å². The summed E-state index contributed by atoms with van der Waals surface area (Å²) in [7, 11) is 3.09. The van der Waals surface area contributed by atoms with E-state index in [4.69, 9.17) is 5.73 Å². The van der Waals surface area contributed by atoms with Gasteiger partial charge in [0.1, 0.15) is 5.75 Å². The number of fused-ring (bicyclic) bond motifs is 3. The van der Waals surface area contributed by atoms with Crippen LogP contribution in [0.15, 0.2) is 12.1 Å². The second kappa shape index (κ2) is 8.61. The van der Waals surface area contributed by atoms with Crippen LogP contribution in [0.2, 0.25) is 0 Å². The molecule has 2 saturated carbocycles. The molecular weight excluding hydrogens is 456 g/mol. The molecule has 7 unspecified atom stereocenters. The molecule has 0 radical (unpaired) electrons. The molecule has 0 aromatic heterocycles. The number of hydrogen-bond donors (Lipinski definition) is 4. The van der Waals surface area contributed by atoms with Crippen molar-refractivity contribution >= 4 is 29.0 Å². The van der Waals surface area contributed by atoms with Gasteiger partial charge in [0.15, 0.2) is 34.7 Å². The van der Waals surface area contributed by atoms with E-state index in [0.29, 0.717) is 18.4 Å². The fraction of sp³-hybridized carbons (Fsp3) is 0.560. The van der Waals surface area contributed by atoms with E-state index in [2.05, 4.69) is 0 Å². The molecule has 3 aliphatic carbocycles. The molecule has 10 heteroatoms. The first-order valence-corrected chi connectivity index (χ1v) is 11.7. The van der Waals surface area contributed by atoms with E-state index in [1.54, 1.807) is 27.1 Å². The number of carbonyl (C=O) groups is 5. The third-order valence-electron chi connectivity index (χ3n) is 7.87. The molecule has 0 saturated heterocycles. The van der Waals surface area contributed by atoms with Gasteiger partial charge in [-0.3, -0.25) is 28.9 Å². The lowest BCUT2D eigenvalue weighted by Gasteiger charge is -2.52. The predicted octanol–water partition coefficient (Wildman–Crippen LogP) is -0.820. The summed E-state index contributed by atoms with van der Waals surface area (Å²) >= 11 is 0. The third-order valence-corrected chi connectivity index (χ3v) is 7.87. The lowest BCUT2D eigenvalue weighted by Crippen LogP contribution is -2.74. The number of hydrogen-bond acceptors (Lipinski definition) is 9. The number of aromatic hydroxyl groups is 1. The number of ketones is 4. The van der Waals surface area contributed by atoms with Crippen molar-refractivity contribution in [2.24, 2.45) is 29.4 Å². The van der Waals surface area contributed by atoms with E-state index in [0.717, 1.165) is 5.56 Å². The monoisotopic (exact) mass is 486 g/mol. The highest BCUT2D eigenvalue weighted by molar-refractivity contribution is 6.32. The normalized spacial score (nSPS) is 33.3. The van der Waals surface area contributed by atoms with Gasteiger partial charge in [0.05, 0.1) is 23.6 Å². The largest absolute Gasteiger partial charge is 0.507 e. The first-order chi connectivity index (χ1) is 16.3. The molecule has 3 aliphatic rings. The minimum absolute atomic E-state index is 0.00932. The lowest BCUT2D eigenvalue weighted by molar-refractivity contribution is -0.181. The summed E-state index contributed by atoms with van der Waals surface area (Å²) in [5, 5.41) is 31.7. The van der Waals surface area contributed by atoms with Crippen LogP contribution in [0.25, 0.3) is 0 Å². The number of aliphatic hydroxyl groups excluding tert-OH is 1. The Bertz CT molecular complexity index is 1140. The minimum atomic E-state index is -2.73. The Labute approximate surface area is 202 Å². The molecule has 0 spiro atoms. The summed E-state index contributed by atoms with van der Waals surface area (Å²) in [6.07, 6.45) is 0.534. The second-order valence-electron chi connectivity index (χ2n) is 10.3. The summed E-state index contributed by atoms with van der Waals surface area (Å²) in [6, 6.07) is 1.91. The predicted molar refractivity (Wildman–Crippen MR) is 121 cm³/mol. The Balaban J connectivity index is 1.83. The number of aryl methyl sites for hydroxylation is 1. The SMILES string of the molecule is CC(O)CCc1ccc(O)c2c1CC1CC3C(N(C)C)C(=O)C(C(N)=O)C(=O)C3(O)C(=O)C1C2=O. The standard InChI is InChI=1S/C25H30N2O8/c1-10(28)4-5-11-6-7-15(29)17-13(11)8-12-9-14-19(27(2)3)21(31)18(24(26)34)23(33)25(14,35)22(32)16(12)20(17)30/h6-7,10,12,14,16,18-19,28-29,35H,4-5,8-9H2,1-3H3,(H2,26,34). The number of rotatable bonds is 5. The molecule has 4 rings (SSSR count). The molecule has 0 aliphatic heterocycles. The van der Waals surface area contributed by atoms with Crippen LogP contribution in [0, 0.1) is 23.7 Å². The van der Waals surface area contributed by atoms with Gasteiger partial charge in [-0.2, -0.15) is 0 Å². The first-order valence-electron chi connectivity index (χ1n) is 11.7. The second-order valence-corrected chi connectivity index (χ2v) is 10.3. The summed E-state index contributed by atoms with van der Waals surface area (Å²) in [4.78, 5) is 67.0. The number of carbonyl (C=O) groups excluding carboxylic acids is 5. The van der Waals surface area contributed by atoms with Gasteiger partial charge >= 0.3 is 0 Å². The molecule has 0 bridgehead atoms. The molecule has 2 fully saturated rings. The molecular formula is C25H30N2O8. The molecule has 0 heterocycles. The van der Waals surface area contributed by atoms with Crippen molar-refractivity contribution in [3.8, 4) is 5.75 Å². The highest BCUT2D eigenvalue weighted by Gasteiger charge is 2.69. The van der Waals surface area contributed by atoms with Crippen LogP contribution in [0.3, 0.4) is 0 Å². The Morgan fingerprint density at radius 1 is 1.20 bits per heavy atom. The van der Waals surface area contributed by atoms with Crippen molar-refractivity contribution in [2.75, 3.05) is 14.1 Å². The van der Waals surface area contributed by atoms with Crippen LogP contribution in [0.5, 0.6) is 5.75 Å². The van der Waals surface area contributed by atoms with E-state index in [9.17, 15) is 39.3 Å². The van der Waals surface area contributed by atoms with Crippen molar-refractivity contribution in [2.45, 2.75) is 50.4 Å². The molecule has 7 atom stereocenters. The molecule has 1 amide bonds. The molecule has 10 nitrogen and oxygen atoms in total. The number of amides is 1. The van der Waals surface area contributed by atoms with Gasteiger partial charge in [0, 0.05) is 5.92 Å². The van der Waals surface area contributed by atoms with Crippen LogP contribution < -0.4 is 5.73 Å². The number of phenols is 1. The van der Waals surface area contributed by atoms with Crippen molar-refractivity contribution < 1.29 is 39.3 Å². The van der Waals surface area contributed by atoms with E-state index in [1.165, 1.54) is 11.0 Å². The number of Topliss-reactive ketones (excluding diaryl/α,β-unsaturated/α-hetero) is 4. The molecule has 5 N–H and O–H groups in total. The maximum Gasteiger partial charge on any atom is 0.235 e. The lowest BCUT2D eigenvalue weighted by atomic mass is 9.52. The van der Waals surface area contributed by atoms with Gasteiger partial charge in [-0.1, -0.05) is 6.07 Å². The average molecular weight is 487 g/mol. The number of phenolic OH excluding ortho intramolecular Hbond substituents is 1. The van der Waals surface area contributed by atoms with Crippen molar-refractivity contribution in [3.63, 3.8) is 0 Å². The highest BCUT2D eigenvalue weighted by Crippen LogP contribution is 2.51. The maximum atomic E-state index is 13.7. The van der Waals surface area contributed by atoms with Crippen molar-refractivity contribution in [3.05, 3.63) is 28.8 Å². The van der Waals surface area contributed by atoms with Gasteiger partial charge in [0.25, 0.3) is 0 Å². The van der Waals surface area contributed by atoms with Gasteiger partial charge in [-0.15, -0.1) is 0 Å². The van der Waals surface area contributed by atoms with Gasteiger partial charge in [-0.25, -0.2) is 0 Å². The molecule has 188 valence electrons. The Morgan fingerprint density at radius 2 is 1.86 bits per heavy atom. The Kier molecular flexibility index (Phi) is 6.19. The Hall–Kier alpha value is -2.95. The number of benzene rings is 1. The quantitative estimate of drug-likeness (QED) is 0.387. The third kappa shape index (κ3) is 3.62. The Morgan fingerprint density at radius 3 is 2.43 bits per heavy atom. The van der Waals surface area contributed by atoms with E-state index < -0.39 is 70.5 Å². The smallest absolute Gasteiger partial charge is 0.235 e. The minimum Gasteiger partial charge on any atom is -0.507 e. The molecule has 1 aromatic carbocycles. The average Bonchev–Trinajstić information content (AvgIpc) is 2.75. The summed E-state index contributed by atoms with van der Waals surface area (Å²) in [5.41, 5.74) is 3.88. The van der Waals surface area contributed by atoms with Crippen LogP contribution >= 0.6 is 0 Å². The van der Waals surface area contributed by atoms with Crippen LogP contribution in [0.4, 0.5) is 0 Å². The summed E-state index contributed by atoms with van der Waals surface area (Å²) in [5.74, 6) is -10.5. The zero-order chi connectivity index (χ0) is 26.0. The summed E-state index contributed by atoms with van der Waals surface area (Å²) < 4.78 is 0. The van der Waals surface area contributed by atoms with Crippen LogP contribution in [-0.2, 0) is 32.0 Å². The molecule has 1 aromatic rings. The van der Waals surface area contributed by atoms with Gasteiger partial charge in [-0.05, 0) is 69.8 Å². The number of aliphatic hydroxyl groups is 2. The van der Waals surface area contributed by atoms with E-state index in [-0.39, 0.29) is 24.2 Å². The topological polar surface area (TPSA) is 175 Å². The van der Waals surface area contributed by atoms with E-state index >= 15 is 0 Å². The fourth-order valence-electron chi connectivity index (χ4n) is 6.27. The zero-order valence-corrected chi connectivity index (χ0v) is 19.9. The number of nitrogens with two attached hydrogens (primary N) is 1. The number of nitrogens with zero attached hydrogens (tertiary/aromatic N) is 1. The molecule has 35 heavy (non-hydrogen) atoms. The number of likely N-dealkylation sites (N-methyl/N-ethyl adjacent to an activating group) is 1. The van der Waals surface area contributed by atoms with Crippen molar-refractivity contribution in [1.29, 1.82) is 0 Å². The highest BCUT2D eigenvalue weighted by atomic mass is 16.3. The van der Waals surface area contributed by atoms with Gasteiger partial charge in [0.2, 0.25) is 5.91 Å². The van der Waals surface area contributed by atoms with E-state index in [1.807, 2.05) is 0 Å². The fourth-order valence-corrected chi connectivity index (χ4v) is 6.27. The van der Waals surface area contributed by atoms with Gasteiger partial charge < -0.3 is 21.1 Å².